The van der Waals surface area contributed by atoms with E-state index in [1.807, 2.05) is 0 Å². The molecule has 0 radical (unpaired) electrons. The summed E-state index contributed by atoms with van der Waals surface area (Å²) in [6.07, 6.45) is 0. The van der Waals surface area contributed by atoms with Crippen LogP contribution in [-0.4, -0.2) is 22.1 Å². The number of carbonyl (C=O) groups excluding carboxylic acids is 1. The van der Waals surface area contributed by atoms with Crippen molar-refractivity contribution >= 4 is 11.9 Å². The Balaban J connectivity index is 2.58. The second-order valence-electron chi connectivity index (χ2n) is 2.42. The predicted molar refractivity (Wildman–Crippen MR) is 41.3 cm³/mol. The second-order valence-corrected chi connectivity index (χ2v) is 2.42. The minimum atomic E-state index is -0.586. The van der Waals surface area contributed by atoms with Crippen LogP contribution in [0.1, 0.15) is 12.7 Å². The zero-order valence-electron chi connectivity index (χ0n) is 6.87. The molecule has 0 spiro atoms. The highest BCUT2D eigenvalue weighted by Crippen LogP contribution is 2.01. The van der Waals surface area contributed by atoms with Gasteiger partial charge in [-0.05, 0) is 13.8 Å². The maximum Gasteiger partial charge on any atom is 0.328 e. The number of carbonyl (C=O) groups is 1. The molecular weight excluding hydrogens is 160 g/mol. The molecular formula is C6H10N4O2. The lowest BCUT2D eigenvalue weighted by Gasteiger charge is -2.01. The van der Waals surface area contributed by atoms with Crippen LogP contribution in [0.3, 0.4) is 0 Å². The molecule has 0 aliphatic carbocycles. The molecule has 0 fully saturated rings. The first-order chi connectivity index (χ1) is 5.59. The molecule has 3 N–H and O–H groups in total. The summed E-state index contributed by atoms with van der Waals surface area (Å²) in [5.74, 6) is 0.119. The van der Waals surface area contributed by atoms with Gasteiger partial charge in [-0.1, -0.05) is 5.16 Å². The highest BCUT2D eigenvalue weighted by molar-refractivity contribution is 5.92. The highest BCUT2D eigenvalue weighted by Gasteiger charge is 2.10. The number of aromatic nitrogens is 2. The third-order valence-electron chi connectivity index (χ3n) is 1.17. The van der Waals surface area contributed by atoms with Gasteiger partial charge in [0.15, 0.2) is 5.82 Å². The molecule has 0 aliphatic heterocycles. The number of rotatable bonds is 2. The first-order valence-corrected chi connectivity index (χ1v) is 3.46. The fourth-order valence-electron chi connectivity index (χ4n) is 0.567. The van der Waals surface area contributed by atoms with Gasteiger partial charge in [0, 0.05) is 0 Å². The van der Waals surface area contributed by atoms with Crippen LogP contribution < -0.4 is 11.1 Å². The van der Waals surface area contributed by atoms with E-state index in [4.69, 9.17) is 5.73 Å². The number of aryl methyl sites for hydroxylation is 1. The van der Waals surface area contributed by atoms with E-state index in [1.165, 1.54) is 0 Å². The van der Waals surface area contributed by atoms with E-state index in [-0.39, 0.29) is 11.9 Å². The number of anilines is 1. The molecule has 1 rings (SSSR count). The molecule has 1 aromatic rings. The van der Waals surface area contributed by atoms with E-state index < -0.39 is 6.04 Å². The van der Waals surface area contributed by atoms with E-state index in [9.17, 15) is 4.79 Å². The summed E-state index contributed by atoms with van der Waals surface area (Å²) >= 11 is 0. The van der Waals surface area contributed by atoms with Crippen molar-refractivity contribution in [1.29, 1.82) is 0 Å². The number of nitrogens with one attached hydrogen (secondary N) is 1. The Bertz CT molecular complexity index is 281. The summed E-state index contributed by atoms with van der Waals surface area (Å²) < 4.78 is 4.64. The van der Waals surface area contributed by atoms with E-state index in [1.54, 1.807) is 13.8 Å². The fraction of sp³-hybridized carbons (Fsp3) is 0.500. The third kappa shape index (κ3) is 2.03. The molecule has 66 valence electrons. The van der Waals surface area contributed by atoms with Crippen molar-refractivity contribution in [2.75, 3.05) is 5.32 Å². The van der Waals surface area contributed by atoms with Crippen molar-refractivity contribution in [3.8, 4) is 0 Å². The van der Waals surface area contributed by atoms with Crippen molar-refractivity contribution in [3.05, 3.63) is 5.82 Å². The zero-order chi connectivity index (χ0) is 9.14. The molecule has 0 saturated carbocycles. The Hall–Kier alpha value is -1.43. The maximum absolute atomic E-state index is 11.0. The number of hydrogen-bond acceptors (Lipinski definition) is 5. The van der Waals surface area contributed by atoms with E-state index >= 15 is 0 Å². The van der Waals surface area contributed by atoms with Gasteiger partial charge in [0.2, 0.25) is 5.91 Å². The number of amides is 1. The lowest BCUT2D eigenvalue weighted by atomic mass is 10.3. The monoisotopic (exact) mass is 170 g/mol. The minimum Gasteiger partial charge on any atom is -0.320 e. The maximum atomic E-state index is 11.0. The number of nitrogens with two attached hydrogens (primary N) is 1. The summed E-state index contributed by atoms with van der Waals surface area (Å²) in [4.78, 5) is 14.7. The van der Waals surface area contributed by atoms with Crippen LogP contribution in [0.2, 0.25) is 0 Å². The van der Waals surface area contributed by atoms with Gasteiger partial charge in [-0.25, -0.2) is 0 Å². The van der Waals surface area contributed by atoms with Crippen LogP contribution in [0, 0.1) is 6.92 Å². The van der Waals surface area contributed by atoms with Crippen LogP contribution >= 0.6 is 0 Å². The molecule has 0 aliphatic rings. The van der Waals surface area contributed by atoms with Crippen LogP contribution in [0.25, 0.3) is 0 Å². The SMILES string of the molecule is Cc1noc(NC(=O)[C@@H](C)N)n1. The molecule has 1 heterocycles. The second kappa shape index (κ2) is 3.31. The van der Waals surface area contributed by atoms with Crippen LogP contribution in [0.15, 0.2) is 4.52 Å². The minimum absolute atomic E-state index is 0.0785. The molecule has 12 heavy (non-hydrogen) atoms. The molecule has 6 heteroatoms. The van der Waals surface area contributed by atoms with Crippen LogP contribution in [0.5, 0.6) is 0 Å². The van der Waals surface area contributed by atoms with Crippen molar-refractivity contribution in [2.45, 2.75) is 19.9 Å². The summed E-state index contributed by atoms with van der Waals surface area (Å²) in [5.41, 5.74) is 5.29. The van der Waals surface area contributed by atoms with Gasteiger partial charge in [0.1, 0.15) is 0 Å². The van der Waals surface area contributed by atoms with Gasteiger partial charge in [-0.15, -0.1) is 0 Å². The number of hydrogen-bond donors (Lipinski definition) is 2. The average molecular weight is 170 g/mol. The fourth-order valence-corrected chi connectivity index (χ4v) is 0.567. The topological polar surface area (TPSA) is 94.0 Å². The summed E-state index contributed by atoms with van der Waals surface area (Å²) in [6.45, 7) is 3.23. The Kier molecular flexibility index (Phi) is 2.39. The highest BCUT2D eigenvalue weighted by atomic mass is 16.5. The zero-order valence-corrected chi connectivity index (χ0v) is 6.87. The van der Waals surface area contributed by atoms with Crippen molar-refractivity contribution in [2.24, 2.45) is 5.73 Å². The van der Waals surface area contributed by atoms with Gasteiger partial charge < -0.3 is 10.3 Å². The van der Waals surface area contributed by atoms with Gasteiger partial charge in [0.25, 0.3) is 0 Å². The first kappa shape index (κ1) is 8.66. The van der Waals surface area contributed by atoms with E-state index in [0.29, 0.717) is 5.82 Å². The summed E-state index contributed by atoms with van der Waals surface area (Å²) in [7, 11) is 0. The smallest absolute Gasteiger partial charge is 0.320 e. The Labute approximate surface area is 69.1 Å². The van der Waals surface area contributed by atoms with Gasteiger partial charge >= 0.3 is 6.01 Å². The first-order valence-electron chi connectivity index (χ1n) is 3.46. The lowest BCUT2D eigenvalue weighted by molar-refractivity contribution is -0.117. The average Bonchev–Trinajstić information content (AvgIpc) is 2.35. The van der Waals surface area contributed by atoms with Gasteiger partial charge in [-0.3, -0.25) is 10.1 Å². The molecule has 1 atom stereocenters. The molecule has 1 aromatic heterocycles. The Morgan fingerprint density at radius 1 is 1.75 bits per heavy atom. The Morgan fingerprint density at radius 3 is 2.83 bits per heavy atom. The quantitative estimate of drug-likeness (QED) is 0.633. The number of nitrogens with zero attached hydrogens (tertiary/aromatic N) is 2. The van der Waals surface area contributed by atoms with Gasteiger partial charge in [-0.2, -0.15) is 4.98 Å². The molecule has 0 aromatic carbocycles. The Morgan fingerprint density at radius 2 is 2.42 bits per heavy atom. The van der Waals surface area contributed by atoms with E-state index in [2.05, 4.69) is 20.0 Å². The van der Waals surface area contributed by atoms with Gasteiger partial charge in [0.05, 0.1) is 6.04 Å². The van der Waals surface area contributed by atoms with Crippen LogP contribution in [-0.2, 0) is 4.79 Å². The molecule has 0 bridgehead atoms. The van der Waals surface area contributed by atoms with Crippen molar-refractivity contribution in [1.82, 2.24) is 10.1 Å². The van der Waals surface area contributed by atoms with Crippen LogP contribution in [0.4, 0.5) is 6.01 Å². The molecule has 0 saturated heterocycles. The predicted octanol–water partition coefficient (Wildman–Crippen LogP) is -0.336. The van der Waals surface area contributed by atoms with E-state index in [0.717, 1.165) is 0 Å². The molecule has 1 amide bonds. The third-order valence-corrected chi connectivity index (χ3v) is 1.17. The largest absolute Gasteiger partial charge is 0.328 e. The molecule has 6 nitrogen and oxygen atoms in total. The lowest BCUT2D eigenvalue weighted by Crippen LogP contribution is -2.32. The standard InChI is InChI=1S/C6H10N4O2/c1-3(7)5(11)9-6-8-4(2)10-12-6/h3H,7H2,1-2H3,(H,8,9,10,11)/t3-/m1/s1. The summed E-state index contributed by atoms with van der Waals surface area (Å²) in [5, 5.41) is 5.85. The normalized spacial score (nSPS) is 12.6. The van der Waals surface area contributed by atoms with Crippen molar-refractivity contribution < 1.29 is 9.32 Å². The summed E-state index contributed by atoms with van der Waals surface area (Å²) in [6, 6.07) is -0.507. The van der Waals surface area contributed by atoms with Crippen molar-refractivity contribution in [3.63, 3.8) is 0 Å². The molecule has 0 unspecified atom stereocenters.